The van der Waals surface area contributed by atoms with Gasteiger partial charge in [-0.05, 0) is 56.0 Å². The number of aromatic amines is 1. The lowest BCUT2D eigenvalue weighted by Gasteiger charge is -2.12. The zero-order valence-corrected chi connectivity index (χ0v) is 17.8. The van der Waals surface area contributed by atoms with E-state index < -0.39 is 24.0 Å². The first-order valence-corrected chi connectivity index (χ1v) is 9.98. The predicted octanol–water partition coefficient (Wildman–Crippen LogP) is 2.59. The molecule has 2 aromatic carbocycles. The van der Waals surface area contributed by atoms with Crippen LogP contribution in [0.25, 0.3) is 10.8 Å². The molecular weight excluding hydrogens is 398 g/mol. The number of nitrogens with one attached hydrogen (secondary N) is 2. The van der Waals surface area contributed by atoms with Gasteiger partial charge >= 0.3 is 5.97 Å². The van der Waals surface area contributed by atoms with Crippen LogP contribution in [0.1, 0.15) is 33.6 Å². The molecule has 31 heavy (non-hydrogen) atoms. The molecule has 0 saturated heterocycles. The number of carbonyl (C=O) groups is 2. The fourth-order valence-electron chi connectivity index (χ4n) is 3.15. The summed E-state index contributed by atoms with van der Waals surface area (Å²) in [4.78, 5) is 36.0. The molecule has 1 heterocycles. The van der Waals surface area contributed by atoms with Crippen LogP contribution in [0.5, 0.6) is 5.75 Å². The van der Waals surface area contributed by atoms with E-state index in [0.717, 1.165) is 16.9 Å². The van der Waals surface area contributed by atoms with Gasteiger partial charge in [0.1, 0.15) is 5.75 Å². The van der Waals surface area contributed by atoms with Crippen LogP contribution in [0.4, 0.5) is 0 Å². The zero-order valence-electron chi connectivity index (χ0n) is 17.8. The van der Waals surface area contributed by atoms with Gasteiger partial charge in [-0.1, -0.05) is 24.3 Å². The number of carbonyl (C=O) groups excluding carboxylic acids is 2. The van der Waals surface area contributed by atoms with Crippen LogP contribution >= 0.6 is 0 Å². The molecule has 0 unspecified atom stereocenters. The Morgan fingerprint density at radius 1 is 1.10 bits per heavy atom. The first kappa shape index (κ1) is 22.0. The summed E-state index contributed by atoms with van der Waals surface area (Å²) in [6.45, 7) is 6.48. The summed E-state index contributed by atoms with van der Waals surface area (Å²) in [5, 5.41) is 9.40. The molecule has 0 fully saturated rings. The number of ether oxygens (including phenoxy) is 2. The van der Waals surface area contributed by atoms with Crippen LogP contribution in [-0.4, -0.2) is 41.8 Å². The standard InChI is InChI=1S/C23H25N3O5/c1-14-11-15(2)16(3)19(12-14)30-10-6-9-24-20(27)13-31-23(29)21-17-7-4-5-8-18(17)22(28)26-25-21/h4-5,7-8,11-12H,6,9-10,13H2,1-3H3,(H,24,27)(H,26,28). The summed E-state index contributed by atoms with van der Waals surface area (Å²) >= 11 is 0. The van der Waals surface area contributed by atoms with Crippen LogP contribution in [-0.2, 0) is 9.53 Å². The second-order valence-corrected chi connectivity index (χ2v) is 7.28. The van der Waals surface area contributed by atoms with E-state index in [-0.39, 0.29) is 5.69 Å². The minimum absolute atomic E-state index is 0.0415. The third-order valence-corrected chi connectivity index (χ3v) is 4.89. The molecule has 1 aromatic heterocycles. The summed E-state index contributed by atoms with van der Waals surface area (Å²) < 4.78 is 10.9. The fraction of sp³-hybridized carbons (Fsp3) is 0.304. The average molecular weight is 423 g/mol. The van der Waals surface area contributed by atoms with Crippen molar-refractivity contribution in [3.63, 3.8) is 0 Å². The number of aryl methyl sites for hydroxylation is 2. The van der Waals surface area contributed by atoms with Crippen LogP contribution in [0.2, 0.25) is 0 Å². The Morgan fingerprint density at radius 3 is 2.61 bits per heavy atom. The molecule has 0 bridgehead atoms. The average Bonchev–Trinajstić information content (AvgIpc) is 2.75. The number of aromatic nitrogens is 2. The number of amides is 1. The molecule has 0 aliphatic heterocycles. The molecule has 0 aliphatic rings. The number of benzene rings is 2. The minimum atomic E-state index is -0.781. The van der Waals surface area contributed by atoms with E-state index in [1.54, 1.807) is 24.3 Å². The number of fused-ring (bicyclic) bond motifs is 1. The Balaban J connectivity index is 1.43. The van der Waals surface area contributed by atoms with Crippen molar-refractivity contribution in [2.45, 2.75) is 27.2 Å². The number of rotatable bonds is 8. The van der Waals surface area contributed by atoms with Crippen molar-refractivity contribution < 1.29 is 19.1 Å². The molecule has 0 aliphatic carbocycles. The molecule has 3 rings (SSSR count). The van der Waals surface area contributed by atoms with Gasteiger partial charge in [0.25, 0.3) is 11.5 Å². The number of hydrogen-bond acceptors (Lipinski definition) is 6. The maximum Gasteiger partial charge on any atom is 0.359 e. The SMILES string of the molecule is Cc1cc(C)c(C)c(OCCCNC(=O)COC(=O)c2n[nH]c(=O)c3ccccc23)c1. The van der Waals surface area contributed by atoms with Crippen molar-refractivity contribution in [2.24, 2.45) is 0 Å². The molecule has 0 atom stereocenters. The quantitative estimate of drug-likeness (QED) is 0.426. The number of H-pyrrole nitrogens is 1. The lowest BCUT2D eigenvalue weighted by Crippen LogP contribution is -2.30. The van der Waals surface area contributed by atoms with E-state index >= 15 is 0 Å². The second-order valence-electron chi connectivity index (χ2n) is 7.28. The lowest BCUT2D eigenvalue weighted by atomic mass is 10.1. The van der Waals surface area contributed by atoms with Gasteiger partial charge in [-0.15, -0.1) is 0 Å². The van der Waals surface area contributed by atoms with Crippen molar-refractivity contribution in [3.05, 3.63) is 69.1 Å². The summed E-state index contributed by atoms with van der Waals surface area (Å²) in [6.07, 6.45) is 0.609. The maximum atomic E-state index is 12.3. The van der Waals surface area contributed by atoms with Gasteiger partial charge in [-0.3, -0.25) is 9.59 Å². The van der Waals surface area contributed by atoms with Crippen LogP contribution in [0.3, 0.4) is 0 Å². The van der Waals surface area contributed by atoms with Crippen LogP contribution in [0, 0.1) is 20.8 Å². The second kappa shape index (κ2) is 9.88. The van der Waals surface area contributed by atoms with E-state index in [4.69, 9.17) is 9.47 Å². The molecule has 0 radical (unpaired) electrons. The molecule has 8 nitrogen and oxygen atoms in total. The van der Waals surface area contributed by atoms with Crippen molar-refractivity contribution in [3.8, 4) is 5.75 Å². The topological polar surface area (TPSA) is 110 Å². The highest BCUT2D eigenvalue weighted by Crippen LogP contribution is 2.23. The van der Waals surface area contributed by atoms with Crippen LogP contribution < -0.4 is 15.6 Å². The Hall–Kier alpha value is -3.68. The van der Waals surface area contributed by atoms with Gasteiger partial charge in [0, 0.05) is 11.9 Å². The highest BCUT2D eigenvalue weighted by molar-refractivity contribution is 6.02. The number of nitrogens with zero attached hydrogens (tertiary/aromatic N) is 1. The molecular formula is C23H25N3O5. The summed E-state index contributed by atoms with van der Waals surface area (Å²) in [6, 6.07) is 10.7. The van der Waals surface area contributed by atoms with Crippen molar-refractivity contribution in [1.29, 1.82) is 0 Å². The third-order valence-electron chi connectivity index (χ3n) is 4.89. The van der Waals surface area contributed by atoms with Crippen molar-refractivity contribution in [1.82, 2.24) is 15.5 Å². The Labute approximate surface area is 179 Å². The van der Waals surface area contributed by atoms with Gasteiger partial charge in [-0.2, -0.15) is 5.10 Å². The monoisotopic (exact) mass is 423 g/mol. The third kappa shape index (κ3) is 5.48. The predicted molar refractivity (Wildman–Crippen MR) is 116 cm³/mol. The van der Waals surface area contributed by atoms with E-state index in [9.17, 15) is 14.4 Å². The first-order chi connectivity index (χ1) is 14.9. The van der Waals surface area contributed by atoms with E-state index in [1.165, 1.54) is 5.56 Å². The molecule has 162 valence electrons. The first-order valence-electron chi connectivity index (χ1n) is 9.98. The highest BCUT2D eigenvalue weighted by atomic mass is 16.5. The Morgan fingerprint density at radius 2 is 1.84 bits per heavy atom. The summed E-state index contributed by atoms with van der Waals surface area (Å²) in [7, 11) is 0. The van der Waals surface area contributed by atoms with Crippen LogP contribution in [0.15, 0.2) is 41.2 Å². The Kier molecular flexibility index (Phi) is 7.02. The molecule has 2 N–H and O–H groups in total. The van der Waals surface area contributed by atoms with Gasteiger partial charge < -0.3 is 14.8 Å². The van der Waals surface area contributed by atoms with Gasteiger partial charge in [0.15, 0.2) is 12.3 Å². The fourth-order valence-corrected chi connectivity index (χ4v) is 3.15. The van der Waals surface area contributed by atoms with E-state index in [2.05, 4.69) is 21.6 Å². The van der Waals surface area contributed by atoms with Gasteiger partial charge in [0.05, 0.1) is 12.0 Å². The summed E-state index contributed by atoms with van der Waals surface area (Å²) in [5.74, 6) is -0.362. The van der Waals surface area contributed by atoms with Crippen molar-refractivity contribution in [2.75, 3.05) is 19.8 Å². The molecule has 0 saturated carbocycles. The summed E-state index contributed by atoms with van der Waals surface area (Å²) in [5.41, 5.74) is 2.97. The largest absolute Gasteiger partial charge is 0.493 e. The smallest absolute Gasteiger partial charge is 0.359 e. The normalized spacial score (nSPS) is 10.7. The van der Waals surface area contributed by atoms with Gasteiger partial charge in [0.2, 0.25) is 0 Å². The molecule has 3 aromatic rings. The molecule has 8 heteroatoms. The van der Waals surface area contributed by atoms with E-state index in [0.29, 0.717) is 30.3 Å². The minimum Gasteiger partial charge on any atom is -0.493 e. The molecule has 0 spiro atoms. The Bertz CT molecular complexity index is 1170. The number of esters is 1. The van der Waals surface area contributed by atoms with Gasteiger partial charge in [-0.25, -0.2) is 9.89 Å². The zero-order chi connectivity index (χ0) is 22.4. The highest BCUT2D eigenvalue weighted by Gasteiger charge is 2.16. The maximum absolute atomic E-state index is 12.3. The van der Waals surface area contributed by atoms with Crippen molar-refractivity contribution >= 4 is 22.6 Å². The lowest BCUT2D eigenvalue weighted by molar-refractivity contribution is -0.124. The van der Waals surface area contributed by atoms with E-state index in [1.807, 2.05) is 26.8 Å². The number of hydrogen-bond donors (Lipinski definition) is 2. The molecule has 1 amide bonds.